The Morgan fingerprint density at radius 1 is 1.19 bits per heavy atom. The highest BCUT2D eigenvalue weighted by atomic mass is 16.3. The summed E-state index contributed by atoms with van der Waals surface area (Å²) in [5.41, 5.74) is 2.55. The lowest BCUT2D eigenvalue weighted by molar-refractivity contribution is 0.102. The minimum absolute atomic E-state index is 0.126. The average molecular weight is 281 g/mol. The van der Waals surface area contributed by atoms with E-state index in [9.17, 15) is 9.90 Å². The standard InChI is InChI=1S/C16H15N3O2/c1-19-14-9-5-3-7-12(14)15(18-19)16(21)17-13-8-4-2-6-11(13)10-20/h2-9,20H,10H2,1H3,(H,17,21). The molecule has 5 heteroatoms. The van der Waals surface area contributed by atoms with Crippen molar-refractivity contribution in [2.24, 2.45) is 7.05 Å². The van der Waals surface area contributed by atoms with Crippen LogP contribution in [0.4, 0.5) is 5.69 Å². The molecule has 0 spiro atoms. The van der Waals surface area contributed by atoms with Crippen LogP contribution in [0.5, 0.6) is 0 Å². The van der Waals surface area contributed by atoms with E-state index in [2.05, 4.69) is 10.4 Å². The molecule has 106 valence electrons. The highest BCUT2D eigenvalue weighted by molar-refractivity contribution is 6.11. The van der Waals surface area contributed by atoms with Crippen LogP contribution in [-0.4, -0.2) is 20.8 Å². The number of anilines is 1. The number of nitrogens with zero attached hydrogens (tertiary/aromatic N) is 2. The minimum Gasteiger partial charge on any atom is -0.392 e. The first-order chi connectivity index (χ1) is 10.2. The van der Waals surface area contributed by atoms with Crippen molar-refractivity contribution in [2.75, 3.05) is 5.32 Å². The van der Waals surface area contributed by atoms with Crippen molar-refractivity contribution in [3.63, 3.8) is 0 Å². The van der Waals surface area contributed by atoms with Gasteiger partial charge in [-0.05, 0) is 12.1 Å². The van der Waals surface area contributed by atoms with Gasteiger partial charge in [-0.1, -0.05) is 36.4 Å². The van der Waals surface area contributed by atoms with Gasteiger partial charge in [0, 0.05) is 23.7 Å². The van der Waals surface area contributed by atoms with E-state index in [4.69, 9.17) is 0 Å². The average Bonchev–Trinajstić information content (AvgIpc) is 2.86. The highest BCUT2D eigenvalue weighted by Gasteiger charge is 2.16. The normalized spacial score (nSPS) is 10.8. The molecule has 2 aromatic carbocycles. The molecule has 1 aromatic heterocycles. The molecule has 0 bridgehead atoms. The number of fused-ring (bicyclic) bond motifs is 1. The monoisotopic (exact) mass is 281 g/mol. The summed E-state index contributed by atoms with van der Waals surface area (Å²) in [5, 5.41) is 17.2. The predicted octanol–water partition coefficient (Wildman–Crippen LogP) is 2.32. The summed E-state index contributed by atoms with van der Waals surface area (Å²) < 4.78 is 1.68. The summed E-state index contributed by atoms with van der Waals surface area (Å²) in [7, 11) is 1.81. The third-order valence-electron chi connectivity index (χ3n) is 3.41. The van der Waals surface area contributed by atoms with Crippen LogP contribution in [0.15, 0.2) is 48.5 Å². The van der Waals surface area contributed by atoms with Crippen molar-refractivity contribution in [3.8, 4) is 0 Å². The minimum atomic E-state index is -0.285. The Balaban J connectivity index is 1.98. The van der Waals surface area contributed by atoms with Crippen LogP contribution in [-0.2, 0) is 13.7 Å². The molecule has 0 radical (unpaired) electrons. The van der Waals surface area contributed by atoms with E-state index in [1.165, 1.54) is 0 Å². The lowest BCUT2D eigenvalue weighted by atomic mass is 10.1. The second kappa shape index (κ2) is 5.38. The molecule has 0 aliphatic carbocycles. The zero-order chi connectivity index (χ0) is 14.8. The maximum absolute atomic E-state index is 12.4. The quantitative estimate of drug-likeness (QED) is 0.774. The number of hydrogen-bond donors (Lipinski definition) is 2. The van der Waals surface area contributed by atoms with Gasteiger partial charge in [-0.25, -0.2) is 0 Å². The topological polar surface area (TPSA) is 67.2 Å². The molecule has 5 nitrogen and oxygen atoms in total. The third-order valence-corrected chi connectivity index (χ3v) is 3.41. The number of rotatable bonds is 3. The van der Waals surface area contributed by atoms with E-state index in [1.807, 2.05) is 36.4 Å². The molecule has 0 fully saturated rings. The van der Waals surface area contributed by atoms with Crippen molar-refractivity contribution in [3.05, 3.63) is 59.8 Å². The van der Waals surface area contributed by atoms with Crippen LogP contribution >= 0.6 is 0 Å². The third kappa shape index (κ3) is 2.39. The van der Waals surface area contributed by atoms with Crippen molar-refractivity contribution < 1.29 is 9.90 Å². The second-order valence-corrected chi connectivity index (χ2v) is 4.76. The molecule has 0 saturated carbocycles. The molecule has 1 amide bonds. The van der Waals surface area contributed by atoms with Gasteiger partial charge in [-0.2, -0.15) is 5.10 Å². The van der Waals surface area contributed by atoms with Gasteiger partial charge in [0.15, 0.2) is 5.69 Å². The summed E-state index contributed by atoms with van der Waals surface area (Å²) >= 11 is 0. The zero-order valence-electron chi connectivity index (χ0n) is 11.6. The first-order valence-corrected chi connectivity index (χ1v) is 6.62. The number of amides is 1. The van der Waals surface area contributed by atoms with Crippen LogP contribution in [0.25, 0.3) is 10.9 Å². The predicted molar refractivity (Wildman–Crippen MR) is 81.0 cm³/mol. The number of para-hydroxylation sites is 2. The number of nitrogens with one attached hydrogen (secondary N) is 1. The summed E-state index contributed by atoms with van der Waals surface area (Å²) in [4.78, 5) is 12.4. The number of aromatic nitrogens is 2. The van der Waals surface area contributed by atoms with Crippen LogP contribution < -0.4 is 5.32 Å². The van der Waals surface area contributed by atoms with Gasteiger partial charge in [0.25, 0.3) is 5.91 Å². The van der Waals surface area contributed by atoms with Gasteiger partial charge in [0.2, 0.25) is 0 Å². The van der Waals surface area contributed by atoms with Crippen LogP contribution in [0.3, 0.4) is 0 Å². The van der Waals surface area contributed by atoms with Crippen molar-refractivity contribution in [1.82, 2.24) is 9.78 Å². The molecular weight excluding hydrogens is 266 g/mol. The van der Waals surface area contributed by atoms with E-state index in [0.717, 1.165) is 10.9 Å². The molecule has 0 aliphatic heterocycles. The molecule has 21 heavy (non-hydrogen) atoms. The second-order valence-electron chi connectivity index (χ2n) is 4.76. The molecule has 2 N–H and O–H groups in total. The molecule has 3 aromatic rings. The molecule has 1 heterocycles. The molecule has 3 rings (SSSR count). The molecule has 0 atom stereocenters. The van der Waals surface area contributed by atoms with Gasteiger partial charge in [0.05, 0.1) is 12.1 Å². The summed E-state index contributed by atoms with van der Waals surface area (Å²) in [6.45, 7) is -0.126. The Morgan fingerprint density at radius 2 is 1.90 bits per heavy atom. The summed E-state index contributed by atoms with van der Waals surface area (Å²) in [6.07, 6.45) is 0. The van der Waals surface area contributed by atoms with Gasteiger partial charge < -0.3 is 10.4 Å². The largest absolute Gasteiger partial charge is 0.392 e. The maximum Gasteiger partial charge on any atom is 0.276 e. The maximum atomic E-state index is 12.4. The van der Waals surface area contributed by atoms with E-state index in [1.54, 1.807) is 23.9 Å². The Hall–Kier alpha value is -2.66. The van der Waals surface area contributed by atoms with E-state index in [0.29, 0.717) is 16.9 Å². The lowest BCUT2D eigenvalue weighted by Gasteiger charge is -2.08. The Bertz CT molecular complexity index is 808. The number of carbonyl (C=O) groups is 1. The zero-order valence-corrected chi connectivity index (χ0v) is 11.6. The number of aliphatic hydroxyl groups excluding tert-OH is 1. The fourth-order valence-electron chi connectivity index (χ4n) is 2.34. The van der Waals surface area contributed by atoms with E-state index < -0.39 is 0 Å². The molecular formula is C16H15N3O2. The molecule has 0 saturated heterocycles. The van der Waals surface area contributed by atoms with Crippen LogP contribution in [0, 0.1) is 0 Å². The summed E-state index contributed by atoms with van der Waals surface area (Å²) in [6, 6.07) is 14.7. The first-order valence-electron chi connectivity index (χ1n) is 6.62. The Labute approximate surface area is 121 Å². The number of carbonyl (C=O) groups excluding carboxylic acids is 1. The summed E-state index contributed by atoms with van der Waals surface area (Å²) in [5.74, 6) is -0.285. The number of hydrogen-bond acceptors (Lipinski definition) is 3. The Morgan fingerprint density at radius 3 is 2.71 bits per heavy atom. The van der Waals surface area contributed by atoms with Gasteiger partial charge in [-0.3, -0.25) is 9.48 Å². The fraction of sp³-hybridized carbons (Fsp3) is 0.125. The van der Waals surface area contributed by atoms with Gasteiger partial charge in [-0.15, -0.1) is 0 Å². The Kier molecular flexibility index (Phi) is 3.41. The van der Waals surface area contributed by atoms with E-state index in [-0.39, 0.29) is 12.5 Å². The van der Waals surface area contributed by atoms with Gasteiger partial charge >= 0.3 is 0 Å². The van der Waals surface area contributed by atoms with Crippen molar-refractivity contribution in [2.45, 2.75) is 6.61 Å². The van der Waals surface area contributed by atoms with Crippen LogP contribution in [0.1, 0.15) is 16.1 Å². The fourth-order valence-corrected chi connectivity index (χ4v) is 2.34. The van der Waals surface area contributed by atoms with Crippen LogP contribution in [0.2, 0.25) is 0 Å². The van der Waals surface area contributed by atoms with Crippen molar-refractivity contribution >= 4 is 22.5 Å². The number of aliphatic hydroxyl groups is 1. The van der Waals surface area contributed by atoms with E-state index >= 15 is 0 Å². The SMILES string of the molecule is Cn1nc(C(=O)Nc2ccccc2CO)c2ccccc21. The number of benzene rings is 2. The van der Waals surface area contributed by atoms with Crippen molar-refractivity contribution in [1.29, 1.82) is 0 Å². The lowest BCUT2D eigenvalue weighted by Crippen LogP contribution is -2.14. The first kappa shape index (κ1) is 13.3. The van der Waals surface area contributed by atoms with Gasteiger partial charge in [0.1, 0.15) is 0 Å². The highest BCUT2D eigenvalue weighted by Crippen LogP contribution is 2.20. The smallest absolute Gasteiger partial charge is 0.276 e. The molecule has 0 aliphatic rings. The number of aryl methyl sites for hydroxylation is 1. The molecule has 0 unspecified atom stereocenters.